The number of hydrogen-bond acceptors (Lipinski definition) is 5. The summed E-state index contributed by atoms with van der Waals surface area (Å²) in [5.41, 5.74) is 3.11. The SMILES string of the molecule is COC(CNC(=O)[C@@H](C)[C@@H]1Sc2ccccc2N(Cc2ccc(C)cc2)C1=O)OC. The number of rotatable bonds is 8. The van der Waals surface area contributed by atoms with Gasteiger partial charge in [0.25, 0.3) is 0 Å². The fraction of sp³-hybridized carbons (Fsp3) is 0.391. The van der Waals surface area contributed by atoms with Crippen molar-refractivity contribution < 1.29 is 19.1 Å². The standard InChI is InChI=1S/C23H28N2O4S/c1-15-9-11-17(12-10-15)14-25-18-7-5-6-8-19(18)30-21(23(25)27)16(2)22(26)24-13-20(28-3)29-4/h5-12,16,20-21H,13-14H2,1-4H3,(H,24,26)/t16-,21-/m0/s1. The van der Waals surface area contributed by atoms with E-state index in [1.54, 1.807) is 11.8 Å². The van der Waals surface area contributed by atoms with Crippen molar-refractivity contribution in [1.82, 2.24) is 5.32 Å². The number of methoxy groups -OCH3 is 2. The Morgan fingerprint density at radius 2 is 1.80 bits per heavy atom. The molecule has 1 heterocycles. The Bertz CT molecular complexity index is 883. The first-order chi connectivity index (χ1) is 14.4. The quantitative estimate of drug-likeness (QED) is 0.653. The van der Waals surface area contributed by atoms with Crippen molar-refractivity contribution in [3.63, 3.8) is 0 Å². The van der Waals surface area contributed by atoms with E-state index in [9.17, 15) is 9.59 Å². The van der Waals surface area contributed by atoms with Gasteiger partial charge in [0.1, 0.15) is 5.25 Å². The lowest BCUT2D eigenvalue weighted by molar-refractivity contribution is -0.132. The number of carbonyl (C=O) groups is 2. The van der Waals surface area contributed by atoms with Gasteiger partial charge in [0, 0.05) is 19.1 Å². The van der Waals surface area contributed by atoms with E-state index in [2.05, 4.69) is 5.32 Å². The fourth-order valence-electron chi connectivity index (χ4n) is 3.34. The predicted molar refractivity (Wildman–Crippen MR) is 118 cm³/mol. The molecule has 30 heavy (non-hydrogen) atoms. The first kappa shape index (κ1) is 22.3. The third-order valence-electron chi connectivity index (χ3n) is 5.22. The number of nitrogens with zero attached hydrogens (tertiary/aromatic N) is 1. The molecule has 1 aliphatic heterocycles. The molecule has 3 rings (SSSR count). The molecule has 0 saturated carbocycles. The lowest BCUT2D eigenvalue weighted by Crippen LogP contribution is -2.48. The number of para-hydroxylation sites is 1. The van der Waals surface area contributed by atoms with E-state index in [1.165, 1.54) is 31.5 Å². The predicted octanol–water partition coefficient (Wildman–Crippen LogP) is 3.37. The summed E-state index contributed by atoms with van der Waals surface area (Å²) in [7, 11) is 3.04. The van der Waals surface area contributed by atoms with Gasteiger partial charge >= 0.3 is 0 Å². The van der Waals surface area contributed by atoms with Gasteiger partial charge in [-0.15, -0.1) is 11.8 Å². The third-order valence-corrected chi connectivity index (χ3v) is 6.68. The summed E-state index contributed by atoms with van der Waals surface area (Å²) in [5, 5.41) is 2.32. The average molecular weight is 429 g/mol. The molecule has 160 valence electrons. The van der Waals surface area contributed by atoms with Crippen molar-refractivity contribution in [2.45, 2.75) is 36.8 Å². The minimum atomic E-state index is -0.519. The number of benzene rings is 2. The number of anilines is 1. The van der Waals surface area contributed by atoms with Crippen molar-refractivity contribution in [2.75, 3.05) is 25.7 Å². The molecular weight excluding hydrogens is 400 g/mol. The van der Waals surface area contributed by atoms with Crippen LogP contribution in [-0.2, 0) is 25.6 Å². The first-order valence-corrected chi connectivity index (χ1v) is 10.8. The number of thioether (sulfide) groups is 1. The molecule has 7 heteroatoms. The summed E-state index contributed by atoms with van der Waals surface area (Å²) in [6.07, 6.45) is -0.519. The van der Waals surface area contributed by atoms with E-state index < -0.39 is 17.5 Å². The van der Waals surface area contributed by atoms with Gasteiger partial charge in [0.15, 0.2) is 6.29 Å². The highest BCUT2D eigenvalue weighted by atomic mass is 32.2. The Hall–Kier alpha value is -2.35. The van der Waals surface area contributed by atoms with Crippen LogP contribution in [0.1, 0.15) is 18.1 Å². The zero-order chi connectivity index (χ0) is 21.7. The Morgan fingerprint density at radius 1 is 1.13 bits per heavy atom. The molecule has 0 spiro atoms. The number of carbonyl (C=O) groups excluding carboxylic acids is 2. The molecule has 0 aliphatic carbocycles. The zero-order valence-corrected chi connectivity index (χ0v) is 18.6. The van der Waals surface area contributed by atoms with E-state index in [1.807, 2.05) is 55.5 Å². The molecule has 0 unspecified atom stereocenters. The molecule has 0 saturated heterocycles. The molecule has 0 fully saturated rings. The van der Waals surface area contributed by atoms with Crippen molar-refractivity contribution in [2.24, 2.45) is 5.92 Å². The van der Waals surface area contributed by atoms with Gasteiger partial charge in [0.05, 0.1) is 24.7 Å². The summed E-state index contributed by atoms with van der Waals surface area (Å²) in [6.45, 7) is 4.52. The van der Waals surface area contributed by atoms with E-state index in [4.69, 9.17) is 9.47 Å². The summed E-state index contributed by atoms with van der Waals surface area (Å²) in [5.74, 6) is -0.766. The second-order valence-corrected chi connectivity index (χ2v) is 8.53. The van der Waals surface area contributed by atoms with Gasteiger partial charge in [-0.3, -0.25) is 9.59 Å². The van der Waals surface area contributed by atoms with Gasteiger partial charge in [-0.1, -0.05) is 48.9 Å². The zero-order valence-electron chi connectivity index (χ0n) is 17.8. The van der Waals surface area contributed by atoms with Gasteiger partial charge in [-0.05, 0) is 24.6 Å². The smallest absolute Gasteiger partial charge is 0.241 e. The van der Waals surface area contributed by atoms with Crippen LogP contribution in [0.5, 0.6) is 0 Å². The maximum absolute atomic E-state index is 13.4. The van der Waals surface area contributed by atoms with Gasteiger partial charge in [0.2, 0.25) is 11.8 Å². The van der Waals surface area contributed by atoms with Crippen molar-refractivity contribution in [3.05, 3.63) is 59.7 Å². The molecule has 6 nitrogen and oxygen atoms in total. The summed E-state index contributed by atoms with van der Waals surface area (Å²) in [4.78, 5) is 29.0. The van der Waals surface area contributed by atoms with Crippen molar-refractivity contribution in [3.8, 4) is 0 Å². The van der Waals surface area contributed by atoms with Crippen LogP contribution in [0.2, 0.25) is 0 Å². The summed E-state index contributed by atoms with van der Waals surface area (Å²) >= 11 is 1.45. The molecule has 0 aromatic heterocycles. The van der Waals surface area contributed by atoms with Crippen LogP contribution in [0.3, 0.4) is 0 Å². The minimum Gasteiger partial charge on any atom is -0.354 e. The topological polar surface area (TPSA) is 67.9 Å². The van der Waals surface area contributed by atoms with E-state index in [-0.39, 0.29) is 18.4 Å². The molecule has 2 atom stereocenters. The lowest BCUT2D eigenvalue weighted by atomic mass is 10.0. The van der Waals surface area contributed by atoms with Crippen LogP contribution < -0.4 is 10.2 Å². The van der Waals surface area contributed by atoms with E-state index in [0.717, 1.165) is 16.1 Å². The summed E-state index contributed by atoms with van der Waals surface area (Å²) in [6, 6.07) is 16.0. The van der Waals surface area contributed by atoms with Crippen LogP contribution >= 0.6 is 11.8 Å². The highest BCUT2D eigenvalue weighted by molar-refractivity contribution is 8.01. The largest absolute Gasteiger partial charge is 0.354 e. The number of ether oxygens (including phenoxy) is 2. The Balaban J connectivity index is 1.80. The Labute approximate surface area is 181 Å². The summed E-state index contributed by atoms with van der Waals surface area (Å²) < 4.78 is 10.2. The Kier molecular flexibility index (Phi) is 7.53. The molecule has 2 aromatic carbocycles. The molecule has 2 amide bonds. The van der Waals surface area contributed by atoms with Gasteiger partial charge in [-0.25, -0.2) is 0 Å². The second kappa shape index (κ2) is 10.1. The van der Waals surface area contributed by atoms with Gasteiger partial charge in [-0.2, -0.15) is 0 Å². The fourth-order valence-corrected chi connectivity index (χ4v) is 4.63. The van der Waals surface area contributed by atoms with Crippen LogP contribution in [0.4, 0.5) is 5.69 Å². The third kappa shape index (κ3) is 5.03. The second-order valence-electron chi connectivity index (χ2n) is 7.35. The first-order valence-electron chi connectivity index (χ1n) is 9.90. The highest BCUT2D eigenvalue weighted by Gasteiger charge is 2.39. The number of fused-ring (bicyclic) bond motifs is 1. The molecule has 0 bridgehead atoms. The van der Waals surface area contributed by atoms with Crippen molar-refractivity contribution >= 4 is 29.3 Å². The van der Waals surface area contributed by atoms with Gasteiger partial charge < -0.3 is 19.7 Å². The molecule has 2 aromatic rings. The van der Waals surface area contributed by atoms with E-state index in [0.29, 0.717) is 6.54 Å². The lowest BCUT2D eigenvalue weighted by Gasteiger charge is -2.36. The van der Waals surface area contributed by atoms with Crippen molar-refractivity contribution in [1.29, 1.82) is 0 Å². The minimum absolute atomic E-state index is 0.0584. The number of hydrogen-bond donors (Lipinski definition) is 1. The average Bonchev–Trinajstić information content (AvgIpc) is 2.77. The maximum atomic E-state index is 13.4. The van der Waals surface area contributed by atoms with Crippen LogP contribution in [-0.4, -0.2) is 44.1 Å². The molecule has 1 N–H and O–H groups in total. The molecular formula is C23H28N2O4S. The monoisotopic (exact) mass is 428 g/mol. The highest BCUT2D eigenvalue weighted by Crippen LogP contribution is 2.42. The van der Waals surface area contributed by atoms with Crippen LogP contribution in [0, 0.1) is 12.8 Å². The number of amides is 2. The Morgan fingerprint density at radius 3 is 2.47 bits per heavy atom. The molecule has 0 radical (unpaired) electrons. The van der Waals surface area contributed by atoms with Crippen LogP contribution in [0.25, 0.3) is 0 Å². The number of nitrogens with one attached hydrogen (secondary N) is 1. The van der Waals surface area contributed by atoms with Crippen LogP contribution in [0.15, 0.2) is 53.4 Å². The van der Waals surface area contributed by atoms with E-state index >= 15 is 0 Å². The molecule has 1 aliphatic rings. The number of aryl methyl sites for hydroxylation is 1. The normalized spacial score (nSPS) is 17.0. The maximum Gasteiger partial charge on any atom is 0.241 e.